The van der Waals surface area contributed by atoms with E-state index in [1.54, 1.807) is 26.0 Å². The molecule has 1 aromatic carbocycles. The Bertz CT molecular complexity index is 538. The highest BCUT2D eigenvalue weighted by molar-refractivity contribution is 7.89. The Morgan fingerprint density at radius 3 is 2.40 bits per heavy atom. The number of amides is 1. The van der Waals surface area contributed by atoms with Gasteiger partial charge in [-0.2, -0.15) is 0 Å². The fourth-order valence-electron chi connectivity index (χ4n) is 1.59. The summed E-state index contributed by atoms with van der Waals surface area (Å²) in [6, 6.07) is 5.97. The van der Waals surface area contributed by atoms with Gasteiger partial charge in [-0.3, -0.25) is 4.79 Å². The molecule has 3 N–H and O–H groups in total. The highest BCUT2D eigenvalue weighted by atomic mass is 32.2. The molecule has 0 aromatic heterocycles. The van der Waals surface area contributed by atoms with Crippen molar-refractivity contribution in [2.45, 2.75) is 31.3 Å². The van der Waals surface area contributed by atoms with Crippen LogP contribution in [0, 0.1) is 0 Å². The predicted octanol–water partition coefficient (Wildman–Crippen LogP) is 0.544. The third-order valence-corrected chi connectivity index (χ3v) is 4.17. The number of carbonyl (C=O) groups excluding carboxylic acids is 1. The Labute approximate surface area is 119 Å². The molecule has 0 bridgehead atoms. The van der Waals surface area contributed by atoms with E-state index in [-0.39, 0.29) is 23.8 Å². The molecule has 0 heterocycles. The van der Waals surface area contributed by atoms with Gasteiger partial charge >= 0.3 is 0 Å². The molecular formula is C13H20N2O4S. The van der Waals surface area contributed by atoms with Gasteiger partial charge in [0.15, 0.2) is 0 Å². The first kappa shape index (κ1) is 16.6. The fourth-order valence-corrected chi connectivity index (χ4v) is 2.63. The number of benzene rings is 1. The molecule has 0 spiro atoms. The maximum absolute atomic E-state index is 11.9. The number of nitrogens with one attached hydrogen (secondary N) is 2. The van der Waals surface area contributed by atoms with Crippen LogP contribution in [-0.4, -0.2) is 32.5 Å². The molecule has 112 valence electrons. The van der Waals surface area contributed by atoms with Crippen LogP contribution in [0.2, 0.25) is 0 Å². The lowest BCUT2D eigenvalue weighted by Crippen LogP contribution is -2.30. The van der Waals surface area contributed by atoms with Crippen molar-refractivity contribution in [1.82, 2.24) is 10.0 Å². The van der Waals surface area contributed by atoms with Crippen molar-refractivity contribution in [1.29, 1.82) is 0 Å². The summed E-state index contributed by atoms with van der Waals surface area (Å²) < 4.78 is 26.3. The van der Waals surface area contributed by atoms with E-state index < -0.39 is 16.1 Å². The van der Waals surface area contributed by atoms with Crippen LogP contribution < -0.4 is 10.0 Å². The third-order valence-electron chi connectivity index (χ3n) is 2.69. The first-order valence-corrected chi connectivity index (χ1v) is 7.89. The molecule has 1 rings (SSSR count). The smallest absolute Gasteiger partial charge is 0.240 e. The maximum atomic E-state index is 11.9. The van der Waals surface area contributed by atoms with Gasteiger partial charge in [0.05, 0.1) is 11.0 Å². The van der Waals surface area contributed by atoms with Crippen molar-refractivity contribution in [2.75, 3.05) is 13.1 Å². The van der Waals surface area contributed by atoms with Gasteiger partial charge in [-0.1, -0.05) is 12.1 Å². The van der Waals surface area contributed by atoms with Gasteiger partial charge in [0.2, 0.25) is 15.9 Å². The number of sulfonamides is 1. The zero-order valence-electron chi connectivity index (χ0n) is 11.6. The Balaban J connectivity index is 2.62. The van der Waals surface area contributed by atoms with Gasteiger partial charge < -0.3 is 10.4 Å². The number of carbonyl (C=O) groups is 1. The molecule has 0 aliphatic carbocycles. The third kappa shape index (κ3) is 4.92. The van der Waals surface area contributed by atoms with Crippen LogP contribution in [0.15, 0.2) is 29.2 Å². The summed E-state index contributed by atoms with van der Waals surface area (Å²) in [5, 5.41) is 12.0. The fraction of sp³-hybridized carbons (Fsp3) is 0.462. The molecule has 0 saturated heterocycles. The van der Waals surface area contributed by atoms with Crippen LogP contribution >= 0.6 is 0 Å². The van der Waals surface area contributed by atoms with Gasteiger partial charge in [-0.05, 0) is 31.5 Å². The molecule has 20 heavy (non-hydrogen) atoms. The highest BCUT2D eigenvalue weighted by Crippen LogP contribution is 2.15. The standard InChI is InChI=1S/C13H20N2O4S/c1-3-14-13(17)8-9-15-20(18,19)12-6-4-11(5-7-12)10(2)16/h4-7,10,15-16H,3,8-9H2,1-2H3,(H,14,17). The van der Waals surface area contributed by atoms with Crippen molar-refractivity contribution < 1.29 is 18.3 Å². The van der Waals surface area contributed by atoms with Gasteiger partial charge in [0, 0.05) is 19.5 Å². The van der Waals surface area contributed by atoms with Crippen LogP contribution in [0.4, 0.5) is 0 Å². The SMILES string of the molecule is CCNC(=O)CCNS(=O)(=O)c1ccc(C(C)O)cc1. The first-order valence-electron chi connectivity index (χ1n) is 6.41. The molecule has 7 heteroatoms. The number of hydrogen-bond donors (Lipinski definition) is 3. The second kappa shape index (κ2) is 7.37. The van der Waals surface area contributed by atoms with Crippen LogP contribution in [0.5, 0.6) is 0 Å². The molecule has 1 atom stereocenters. The number of rotatable bonds is 7. The monoisotopic (exact) mass is 300 g/mol. The lowest BCUT2D eigenvalue weighted by atomic mass is 10.1. The number of hydrogen-bond acceptors (Lipinski definition) is 4. The van der Waals surface area contributed by atoms with Crippen LogP contribution in [0.3, 0.4) is 0 Å². The Hall–Kier alpha value is -1.44. The van der Waals surface area contributed by atoms with E-state index in [1.807, 2.05) is 0 Å². The van der Waals surface area contributed by atoms with E-state index in [1.165, 1.54) is 12.1 Å². The van der Waals surface area contributed by atoms with Gasteiger partial charge in [-0.25, -0.2) is 13.1 Å². The lowest BCUT2D eigenvalue weighted by molar-refractivity contribution is -0.120. The number of aliphatic hydroxyl groups excluding tert-OH is 1. The van der Waals surface area contributed by atoms with E-state index in [0.717, 1.165) is 0 Å². The van der Waals surface area contributed by atoms with Gasteiger partial charge in [-0.15, -0.1) is 0 Å². The molecule has 1 unspecified atom stereocenters. The Kier molecular flexibility index (Phi) is 6.12. The van der Waals surface area contributed by atoms with E-state index in [9.17, 15) is 18.3 Å². The summed E-state index contributed by atoms with van der Waals surface area (Å²) in [5.41, 5.74) is 0.645. The molecular weight excluding hydrogens is 280 g/mol. The van der Waals surface area contributed by atoms with Crippen LogP contribution in [0.1, 0.15) is 31.9 Å². The van der Waals surface area contributed by atoms with Crippen LogP contribution in [-0.2, 0) is 14.8 Å². The topological polar surface area (TPSA) is 95.5 Å². The number of aliphatic hydroxyl groups is 1. The summed E-state index contributed by atoms with van der Waals surface area (Å²) in [7, 11) is -3.62. The van der Waals surface area contributed by atoms with E-state index in [0.29, 0.717) is 12.1 Å². The quantitative estimate of drug-likeness (QED) is 0.685. The van der Waals surface area contributed by atoms with Crippen molar-refractivity contribution in [3.63, 3.8) is 0 Å². The predicted molar refractivity (Wildman–Crippen MR) is 75.6 cm³/mol. The second-order valence-corrected chi connectivity index (χ2v) is 6.11. The average molecular weight is 300 g/mol. The van der Waals surface area contributed by atoms with Crippen molar-refractivity contribution in [3.05, 3.63) is 29.8 Å². The molecule has 6 nitrogen and oxygen atoms in total. The highest BCUT2D eigenvalue weighted by Gasteiger charge is 2.14. The van der Waals surface area contributed by atoms with Crippen LogP contribution in [0.25, 0.3) is 0 Å². The zero-order valence-corrected chi connectivity index (χ0v) is 12.4. The summed E-state index contributed by atoms with van der Waals surface area (Å²) in [6.07, 6.45) is -0.545. The minimum Gasteiger partial charge on any atom is -0.389 e. The normalized spacial score (nSPS) is 12.9. The second-order valence-electron chi connectivity index (χ2n) is 4.35. The Morgan fingerprint density at radius 2 is 1.90 bits per heavy atom. The van der Waals surface area contributed by atoms with E-state index in [4.69, 9.17) is 0 Å². The summed E-state index contributed by atoms with van der Waals surface area (Å²) >= 11 is 0. The van der Waals surface area contributed by atoms with Crippen molar-refractivity contribution in [2.24, 2.45) is 0 Å². The summed E-state index contributed by atoms with van der Waals surface area (Å²) in [4.78, 5) is 11.3. The molecule has 0 aliphatic heterocycles. The van der Waals surface area contributed by atoms with Gasteiger partial charge in [0.25, 0.3) is 0 Å². The Morgan fingerprint density at radius 1 is 1.30 bits per heavy atom. The van der Waals surface area contributed by atoms with Crippen molar-refractivity contribution >= 4 is 15.9 Å². The maximum Gasteiger partial charge on any atom is 0.240 e. The summed E-state index contributed by atoms with van der Waals surface area (Å²) in [6.45, 7) is 3.97. The molecule has 0 radical (unpaired) electrons. The minimum atomic E-state index is -3.62. The van der Waals surface area contributed by atoms with Crippen molar-refractivity contribution in [3.8, 4) is 0 Å². The molecule has 1 amide bonds. The lowest BCUT2D eigenvalue weighted by Gasteiger charge is -2.08. The molecule has 0 fully saturated rings. The minimum absolute atomic E-state index is 0.0479. The van der Waals surface area contributed by atoms with Gasteiger partial charge in [0.1, 0.15) is 0 Å². The molecule has 1 aromatic rings. The molecule has 0 aliphatic rings. The average Bonchev–Trinajstić information content (AvgIpc) is 2.39. The molecule has 0 saturated carbocycles. The van der Waals surface area contributed by atoms with E-state index >= 15 is 0 Å². The largest absolute Gasteiger partial charge is 0.389 e. The first-order chi connectivity index (χ1) is 9.36. The van der Waals surface area contributed by atoms with E-state index in [2.05, 4.69) is 10.0 Å². The summed E-state index contributed by atoms with van der Waals surface area (Å²) in [5.74, 6) is -0.195. The zero-order chi connectivity index (χ0) is 15.2.